The predicted molar refractivity (Wildman–Crippen MR) is 49.0 cm³/mol. The van der Waals surface area contributed by atoms with Crippen molar-refractivity contribution < 1.29 is 18.8 Å². The minimum absolute atomic E-state index is 0.0236. The van der Waals surface area contributed by atoms with Gasteiger partial charge in [-0.1, -0.05) is 12.6 Å². The Morgan fingerprint density at radius 1 is 1.85 bits per heavy atom. The van der Waals surface area contributed by atoms with Crippen LogP contribution >= 0.6 is 0 Å². The lowest BCUT2D eigenvalue weighted by Crippen LogP contribution is -2.36. The number of aliphatic hydroxyl groups is 1. The first kappa shape index (κ1) is 6.51. The van der Waals surface area contributed by atoms with Gasteiger partial charge in [0.2, 0.25) is 0 Å². The summed E-state index contributed by atoms with van der Waals surface area (Å²) in [5, 5.41) is 9.56. The summed E-state index contributed by atoms with van der Waals surface area (Å²) in [6.45, 7) is 1.98. The minimum Gasteiger partial charge on any atom is -0.367 e. The van der Waals surface area contributed by atoms with Gasteiger partial charge in [-0.05, 0) is 17.9 Å². The predicted octanol–water partition coefficient (Wildman–Crippen LogP) is 0.899. The minimum atomic E-state index is -1.21. The molecule has 0 aromatic heterocycles. The molecule has 3 nitrogen and oxygen atoms in total. The molecule has 1 aliphatic rings. The van der Waals surface area contributed by atoms with Crippen LogP contribution in [0.4, 0.5) is 0 Å². The summed E-state index contributed by atoms with van der Waals surface area (Å²) in [5.41, 5.74) is -0.0236. The number of carbonyl (C=O) groups excluding carboxylic acids is 1. The van der Waals surface area contributed by atoms with Gasteiger partial charge in [-0.15, -0.1) is 6.58 Å². The van der Waals surface area contributed by atoms with E-state index in [2.05, 4.69) is 6.58 Å². The zero-order valence-electron chi connectivity index (χ0n) is 10.1. The molecule has 0 aromatic rings. The molecule has 1 fully saturated rings. The Morgan fingerprint density at radius 2 is 2.62 bits per heavy atom. The Bertz CT molecular complexity index is 312. The molecule has 13 heavy (non-hydrogen) atoms. The molecule has 0 spiro atoms. The molecule has 0 saturated carbocycles. The average Bonchev–Trinajstić information content (AvgIpc) is 2.17. The number of aldehydes is 1. The molecule has 0 radical (unpaired) electrons. The monoisotopic (exact) mass is 185 g/mol. The first-order valence-electron chi connectivity index (χ1n) is 5.59. The Labute approximate surface area is 81.9 Å². The van der Waals surface area contributed by atoms with Crippen molar-refractivity contribution in [2.75, 3.05) is 6.58 Å². The van der Waals surface area contributed by atoms with Gasteiger partial charge in [-0.25, -0.2) is 0 Å². The summed E-state index contributed by atoms with van der Waals surface area (Å²) >= 11 is 0. The smallest absolute Gasteiger partial charge is 0.161 e. The van der Waals surface area contributed by atoms with Crippen molar-refractivity contribution in [3.63, 3.8) is 0 Å². The van der Waals surface area contributed by atoms with Gasteiger partial charge >= 0.3 is 0 Å². The molecule has 4 atom stereocenters. The van der Waals surface area contributed by atoms with Gasteiger partial charge < -0.3 is 9.84 Å². The quantitative estimate of drug-likeness (QED) is 0.403. The van der Waals surface area contributed by atoms with Crippen molar-refractivity contribution in [1.29, 1.82) is 0 Å². The fourth-order valence-electron chi connectivity index (χ4n) is 1.41. The van der Waals surface area contributed by atoms with E-state index < -0.39 is 31.2 Å². The van der Waals surface area contributed by atoms with Crippen molar-refractivity contribution in [3.05, 3.63) is 24.8 Å². The Hall–Kier alpha value is -0.930. The molecule has 1 N–H and O–H groups in total. The lowest BCUT2D eigenvalue weighted by Gasteiger charge is -2.33. The number of ether oxygens (including phenoxy) is 1. The van der Waals surface area contributed by atoms with Gasteiger partial charge in [-0.2, -0.15) is 0 Å². The number of carbonyl (C=O) groups is 1. The van der Waals surface area contributed by atoms with Crippen molar-refractivity contribution in [3.8, 4) is 0 Å². The summed E-state index contributed by atoms with van der Waals surface area (Å²) in [7, 11) is 0. The second kappa shape index (κ2) is 4.35. The zero-order valence-corrected chi connectivity index (χ0v) is 7.14. The van der Waals surface area contributed by atoms with Gasteiger partial charge in [0, 0.05) is 5.92 Å². The van der Waals surface area contributed by atoms with Crippen LogP contribution in [0.15, 0.2) is 24.8 Å². The van der Waals surface area contributed by atoms with E-state index in [4.69, 9.17) is 8.85 Å². The second-order valence-corrected chi connectivity index (χ2v) is 2.92. The van der Waals surface area contributed by atoms with E-state index in [0.29, 0.717) is 6.29 Å². The van der Waals surface area contributed by atoms with E-state index in [-0.39, 0.29) is 12.0 Å². The number of aliphatic hydroxyl groups excluding tert-OH is 1. The molecular formula is C10H14O3. The van der Waals surface area contributed by atoms with Crippen LogP contribution in [0.1, 0.15) is 10.5 Å². The average molecular weight is 185 g/mol. The maximum atomic E-state index is 10.8. The van der Waals surface area contributed by atoms with Crippen molar-refractivity contribution >= 4 is 6.29 Å². The van der Waals surface area contributed by atoms with Crippen LogP contribution in [0.3, 0.4) is 0 Å². The number of hydrogen-bond donors (Lipinski definition) is 1. The van der Waals surface area contributed by atoms with Gasteiger partial charge in [0.1, 0.15) is 6.29 Å². The van der Waals surface area contributed by atoms with E-state index in [1.165, 1.54) is 6.08 Å². The van der Waals surface area contributed by atoms with E-state index in [0.717, 1.165) is 0 Å². The van der Waals surface area contributed by atoms with Crippen LogP contribution in [0.2, 0.25) is 0 Å². The van der Waals surface area contributed by atoms with Crippen LogP contribution in [0, 0.1) is 11.8 Å². The number of allylic oxidation sites excluding steroid dienone is 1. The molecule has 1 heterocycles. The molecular weight excluding hydrogens is 168 g/mol. The van der Waals surface area contributed by atoms with E-state index in [9.17, 15) is 9.90 Å². The summed E-state index contributed by atoms with van der Waals surface area (Å²) < 4.78 is 26.6. The lowest BCUT2D eigenvalue weighted by molar-refractivity contribution is -0.159. The molecule has 1 rings (SSSR count). The van der Waals surface area contributed by atoms with Gasteiger partial charge in [0.05, 0.1) is 10.7 Å². The molecule has 3 heteroatoms. The molecule has 72 valence electrons. The van der Waals surface area contributed by atoms with Gasteiger partial charge in [0.25, 0.3) is 0 Å². The van der Waals surface area contributed by atoms with E-state index >= 15 is 0 Å². The molecule has 0 aromatic carbocycles. The first-order chi connectivity index (χ1) is 7.51. The van der Waals surface area contributed by atoms with Crippen LogP contribution < -0.4 is 0 Å². The molecule has 1 saturated heterocycles. The third-order valence-corrected chi connectivity index (χ3v) is 2.18. The van der Waals surface area contributed by atoms with Crippen molar-refractivity contribution in [2.24, 2.45) is 11.8 Å². The fourth-order valence-corrected chi connectivity index (χ4v) is 1.41. The number of rotatable bonds is 3. The summed E-state index contributed by atoms with van der Waals surface area (Å²) in [5.74, 6) is -1.11. The zero-order chi connectivity index (χ0) is 12.3. The SMILES string of the molecule is [2H]C([2H])=C(C=O)[C@H]1CC([2H])OC(O)[C@@H]1C=C. The summed E-state index contributed by atoms with van der Waals surface area (Å²) in [6.07, 6.45) is 0.811. The van der Waals surface area contributed by atoms with Crippen LogP contribution in [0.25, 0.3) is 0 Å². The summed E-state index contributed by atoms with van der Waals surface area (Å²) in [4.78, 5) is 10.8. The maximum Gasteiger partial charge on any atom is 0.161 e. The summed E-state index contributed by atoms with van der Waals surface area (Å²) in [6, 6.07) is 0. The third-order valence-electron chi connectivity index (χ3n) is 2.18. The van der Waals surface area contributed by atoms with Gasteiger partial charge in [-0.3, -0.25) is 4.79 Å². The standard InChI is InChI=1S/C10H14O3/c1-3-8-9(7(2)6-11)4-5-13-10(8)12/h3,6,8-10,12H,1-2,4-5H2/t8-,9-,10?/m1/s1/i2D2,5D/t5?,8-,9-,10?. The number of hydrogen-bond acceptors (Lipinski definition) is 3. The van der Waals surface area contributed by atoms with Crippen LogP contribution in [-0.2, 0) is 9.53 Å². The molecule has 0 bridgehead atoms. The maximum absolute atomic E-state index is 10.8. The largest absolute Gasteiger partial charge is 0.367 e. The Morgan fingerprint density at radius 3 is 3.15 bits per heavy atom. The normalized spacial score (nSPS) is 42.4. The first-order valence-corrected chi connectivity index (χ1v) is 4.02. The van der Waals surface area contributed by atoms with E-state index in [1.807, 2.05) is 0 Å². The molecule has 2 unspecified atom stereocenters. The molecule has 1 aliphatic heterocycles. The fraction of sp³-hybridized carbons (Fsp3) is 0.500. The van der Waals surface area contributed by atoms with Crippen molar-refractivity contribution in [2.45, 2.75) is 12.7 Å². The highest BCUT2D eigenvalue weighted by atomic mass is 16.6. The van der Waals surface area contributed by atoms with Crippen LogP contribution in [-0.4, -0.2) is 24.3 Å². The Balaban J connectivity index is 3.02. The van der Waals surface area contributed by atoms with E-state index in [1.54, 1.807) is 0 Å². The van der Waals surface area contributed by atoms with Gasteiger partial charge in [0.15, 0.2) is 6.29 Å². The highest BCUT2D eigenvalue weighted by Crippen LogP contribution is 2.30. The highest BCUT2D eigenvalue weighted by molar-refractivity contribution is 5.73. The van der Waals surface area contributed by atoms with Crippen LogP contribution in [0.5, 0.6) is 0 Å². The second-order valence-electron chi connectivity index (χ2n) is 2.92. The lowest BCUT2D eigenvalue weighted by atomic mass is 9.82. The molecule has 0 amide bonds. The molecule has 0 aliphatic carbocycles. The highest BCUT2D eigenvalue weighted by Gasteiger charge is 2.32. The van der Waals surface area contributed by atoms with Crippen molar-refractivity contribution in [1.82, 2.24) is 0 Å². The third kappa shape index (κ3) is 2.05. The Kier molecular flexibility index (Phi) is 2.18. The topological polar surface area (TPSA) is 46.5 Å².